The molecule has 0 aromatic carbocycles. The minimum Gasteiger partial charge on any atom is -0.396 e. The summed E-state index contributed by atoms with van der Waals surface area (Å²) in [5.41, 5.74) is 0.142. The fourth-order valence-corrected chi connectivity index (χ4v) is 3.59. The summed E-state index contributed by atoms with van der Waals surface area (Å²) in [5.74, 6) is 0.177. The van der Waals surface area contributed by atoms with Crippen LogP contribution in [0.25, 0.3) is 0 Å². The smallest absolute Gasteiger partial charge is 0.133 e. The van der Waals surface area contributed by atoms with Gasteiger partial charge in [-0.3, -0.25) is 4.79 Å². The molecule has 0 amide bonds. The molecule has 1 spiro atoms. The van der Waals surface area contributed by atoms with Crippen LogP contribution in [-0.4, -0.2) is 29.2 Å². The summed E-state index contributed by atoms with van der Waals surface area (Å²) in [4.78, 5) is 11.5. The van der Waals surface area contributed by atoms with E-state index in [1.165, 1.54) is 38.5 Å². The summed E-state index contributed by atoms with van der Waals surface area (Å²) in [6, 6.07) is 0. The molecule has 2 atom stereocenters. The molecule has 1 N–H and O–H groups in total. The molecular formula is C15H26O3. The standard InChI is InChI=1S/C15H26O3/c1-12(17)13(6-10-16)11-14-5-9-15(18-14)7-3-2-4-8-15/h13-14,16H,2-11H2,1H3. The van der Waals surface area contributed by atoms with Gasteiger partial charge in [-0.05, 0) is 45.4 Å². The molecule has 3 nitrogen and oxygen atoms in total. The molecule has 1 aliphatic heterocycles. The van der Waals surface area contributed by atoms with E-state index in [2.05, 4.69) is 0 Å². The Bertz CT molecular complexity index is 281. The third-order valence-corrected chi connectivity index (χ3v) is 4.70. The van der Waals surface area contributed by atoms with Crippen molar-refractivity contribution in [1.29, 1.82) is 0 Å². The van der Waals surface area contributed by atoms with E-state index >= 15 is 0 Å². The maximum Gasteiger partial charge on any atom is 0.133 e. The van der Waals surface area contributed by atoms with Gasteiger partial charge in [0.1, 0.15) is 5.78 Å². The summed E-state index contributed by atoms with van der Waals surface area (Å²) in [5, 5.41) is 9.01. The van der Waals surface area contributed by atoms with Crippen molar-refractivity contribution in [1.82, 2.24) is 0 Å². The summed E-state index contributed by atoms with van der Waals surface area (Å²) < 4.78 is 6.28. The van der Waals surface area contributed by atoms with E-state index in [1.807, 2.05) is 0 Å². The first-order valence-electron chi connectivity index (χ1n) is 7.44. The Balaban J connectivity index is 1.86. The first-order valence-corrected chi connectivity index (χ1v) is 7.44. The van der Waals surface area contributed by atoms with Crippen molar-refractivity contribution in [2.24, 2.45) is 5.92 Å². The molecule has 1 saturated carbocycles. The van der Waals surface area contributed by atoms with Gasteiger partial charge in [-0.25, -0.2) is 0 Å². The van der Waals surface area contributed by atoms with Crippen LogP contribution in [0, 0.1) is 5.92 Å². The lowest BCUT2D eigenvalue weighted by Gasteiger charge is -2.33. The van der Waals surface area contributed by atoms with Crippen LogP contribution < -0.4 is 0 Å². The van der Waals surface area contributed by atoms with E-state index < -0.39 is 0 Å². The van der Waals surface area contributed by atoms with Crippen LogP contribution in [0.15, 0.2) is 0 Å². The molecule has 2 unspecified atom stereocenters. The van der Waals surface area contributed by atoms with Crippen molar-refractivity contribution in [2.75, 3.05) is 6.61 Å². The first kappa shape index (κ1) is 14.0. The van der Waals surface area contributed by atoms with Crippen LogP contribution in [0.5, 0.6) is 0 Å². The molecule has 0 aromatic rings. The number of ketones is 1. The van der Waals surface area contributed by atoms with Gasteiger partial charge in [0.2, 0.25) is 0 Å². The van der Waals surface area contributed by atoms with Crippen LogP contribution in [-0.2, 0) is 9.53 Å². The van der Waals surface area contributed by atoms with Gasteiger partial charge in [-0.15, -0.1) is 0 Å². The monoisotopic (exact) mass is 254 g/mol. The van der Waals surface area contributed by atoms with Crippen molar-refractivity contribution in [2.45, 2.75) is 76.4 Å². The van der Waals surface area contributed by atoms with E-state index in [0.717, 1.165) is 12.8 Å². The highest BCUT2D eigenvalue weighted by atomic mass is 16.5. The minimum absolute atomic E-state index is 0.0151. The summed E-state index contributed by atoms with van der Waals surface area (Å²) in [7, 11) is 0. The molecule has 1 heterocycles. The van der Waals surface area contributed by atoms with Gasteiger partial charge < -0.3 is 9.84 Å². The summed E-state index contributed by atoms with van der Waals surface area (Å²) in [6.45, 7) is 1.73. The second-order valence-electron chi connectivity index (χ2n) is 6.08. The summed E-state index contributed by atoms with van der Waals surface area (Å²) in [6.07, 6.45) is 10.2. The van der Waals surface area contributed by atoms with Crippen molar-refractivity contribution in [3.05, 3.63) is 0 Å². The molecule has 2 rings (SSSR count). The Hall–Kier alpha value is -0.410. The van der Waals surface area contributed by atoms with Gasteiger partial charge in [0.15, 0.2) is 0 Å². The maximum atomic E-state index is 11.5. The van der Waals surface area contributed by atoms with Crippen LogP contribution in [0.2, 0.25) is 0 Å². The van der Waals surface area contributed by atoms with Gasteiger partial charge in [0, 0.05) is 12.5 Å². The predicted octanol–water partition coefficient (Wildman–Crippen LogP) is 2.85. The lowest BCUT2D eigenvalue weighted by atomic mass is 9.83. The third kappa shape index (κ3) is 3.33. The quantitative estimate of drug-likeness (QED) is 0.820. The van der Waals surface area contributed by atoms with Crippen molar-refractivity contribution >= 4 is 5.78 Å². The maximum absolute atomic E-state index is 11.5. The topological polar surface area (TPSA) is 46.5 Å². The Kier molecular flexibility index (Phi) is 4.79. The van der Waals surface area contributed by atoms with Crippen LogP contribution >= 0.6 is 0 Å². The molecule has 3 heteroatoms. The zero-order chi connectivity index (χ0) is 13.0. The van der Waals surface area contributed by atoms with E-state index in [0.29, 0.717) is 6.42 Å². The van der Waals surface area contributed by atoms with Gasteiger partial charge in [0.25, 0.3) is 0 Å². The first-order chi connectivity index (χ1) is 8.65. The van der Waals surface area contributed by atoms with E-state index in [9.17, 15) is 4.79 Å². The largest absolute Gasteiger partial charge is 0.396 e. The molecule has 0 radical (unpaired) electrons. The number of carbonyl (C=O) groups is 1. The van der Waals surface area contributed by atoms with Crippen LogP contribution in [0.1, 0.15) is 64.7 Å². The highest BCUT2D eigenvalue weighted by Crippen LogP contribution is 2.43. The molecule has 0 aromatic heterocycles. The average molecular weight is 254 g/mol. The Morgan fingerprint density at radius 2 is 2.06 bits per heavy atom. The van der Waals surface area contributed by atoms with Gasteiger partial charge >= 0.3 is 0 Å². The van der Waals surface area contributed by atoms with Crippen LogP contribution in [0.3, 0.4) is 0 Å². The lowest BCUT2D eigenvalue weighted by Crippen LogP contribution is -2.32. The number of ether oxygens (including phenoxy) is 1. The van der Waals surface area contributed by atoms with E-state index in [1.54, 1.807) is 6.92 Å². The molecule has 18 heavy (non-hydrogen) atoms. The van der Waals surface area contributed by atoms with E-state index in [4.69, 9.17) is 9.84 Å². The number of hydrogen-bond acceptors (Lipinski definition) is 3. The minimum atomic E-state index is -0.0151. The van der Waals surface area contributed by atoms with Gasteiger partial charge in [0.05, 0.1) is 11.7 Å². The molecule has 2 aliphatic rings. The number of aliphatic hydroxyl groups is 1. The number of aliphatic hydroxyl groups excluding tert-OH is 1. The number of Topliss-reactive ketones (excluding diaryl/α,β-unsaturated/α-hetero) is 1. The highest BCUT2D eigenvalue weighted by Gasteiger charge is 2.41. The van der Waals surface area contributed by atoms with E-state index in [-0.39, 0.29) is 30.0 Å². The molecule has 1 saturated heterocycles. The zero-order valence-corrected chi connectivity index (χ0v) is 11.5. The van der Waals surface area contributed by atoms with Crippen molar-refractivity contribution < 1.29 is 14.6 Å². The number of hydrogen-bond donors (Lipinski definition) is 1. The van der Waals surface area contributed by atoms with Crippen molar-refractivity contribution in [3.8, 4) is 0 Å². The Morgan fingerprint density at radius 3 is 2.67 bits per heavy atom. The SMILES string of the molecule is CC(=O)C(CCO)CC1CCC2(CCCCC2)O1. The molecule has 104 valence electrons. The molecule has 0 bridgehead atoms. The molecule has 2 fully saturated rings. The summed E-state index contributed by atoms with van der Waals surface area (Å²) >= 11 is 0. The second-order valence-corrected chi connectivity index (χ2v) is 6.08. The fourth-order valence-electron chi connectivity index (χ4n) is 3.59. The zero-order valence-electron chi connectivity index (χ0n) is 11.5. The normalized spacial score (nSPS) is 28.4. The van der Waals surface area contributed by atoms with Crippen molar-refractivity contribution in [3.63, 3.8) is 0 Å². The lowest BCUT2D eigenvalue weighted by molar-refractivity contribution is -0.124. The molecule has 1 aliphatic carbocycles. The Morgan fingerprint density at radius 1 is 1.33 bits per heavy atom. The van der Waals surface area contributed by atoms with Crippen LogP contribution in [0.4, 0.5) is 0 Å². The molecular weight excluding hydrogens is 228 g/mol. The number of carbonyl (C=O) groups excluding carboxylic acids is 1. The average Bonchev–Trinajstić information content (AvgIpc) is 2.72. The third-order valence-electron chi connectivity index (χ3n) is 4.70. The van der Waals surface area contributed by atoms with Gasteiger partial charge in [-0.1, -0.05) is 19.3 Å². The number of rotatable bonds is 5. The second kappa shape index (κ2) is 6.16. The predicted molar refractivity (Wildman–Crippen MR) is 70.4 cm³/mol. The highest BCUT2D eigenvalue weighted by molar-refractivity contribution is 5.78. The Labute approximate surface area is 110 Å². The van der Waals surface area contributed by atoms with Gasteiger partial charge in [-0.2, -0.15) is 0 Å². The fraction of sp³-hybridized carbons (Fsp3) is 0.933.